The fourth-order valence-electron chi connectivity index (χ4n) is 1.51. The number of benzene rings is 1. The third-order valence-electron chi connectivity index (χ3n) is 2.32. The number of ether oxygens (including phenoxy) is 2. The van der Waals surface area contributed by atoms with Crippen molar-refractivity contribution >= 4 is 17.6 Å². The number of carbonyl (C=O) groups excluding carboxylic acids is 2. The number of carbonyl (C=O) groups is 2. The smallest absolute Gasteiger partial charge is 0.338 e. The van der Waals surface area contributed by atoms with Crippen LogP contribution in [0.5, 0.6) is 5.75 Å². The monoisotopic (exact) mass is 280 g/mol. The quantitative estimate of drug-likeness (QED) is 0.771. The molecule has 1 amide bonds. The van der Waals surface area contributed by atoms with E-state index < -0.39 is 5.97 Å². The van der Waals surface area contributed by atoms with Crippen LogP contribution in [-0.4, -0.2) is 31.1 Å². The van der Waals surface area contributed by atoms with E-state index in [1.165, 1.54) is 0 Å². The van der Waals surface area contributed by atoms with Gasteiger partial charge >= 0.3 is 5.97 Å². The van der Waals surface area contributed by atoms with Gasteiger partial charge in [-0.2, -0.15) is 0 Å². The first kappa shape index (κ1) is 16.0. The molecule has 0 radical (unpaired) electrons. The number of hydrogen-bond donors (Lipinski definition) is 2. The molecule has 20 heavy (non-hydrogen) atoms. The average Bonchev–Trinajstić information content (AvgIpc) is 2.40. The summed E-state index contributed by atoms with van der Waals surface area (Å²) in [6.07, 6.45) is -0.199. The summed E-state index contributed by atoms with van der Waals surface area (Å²) in [5.74, 6) is -0.353. The second kappa shape index (κ2) is 7.49. The molecule has 6 heteroatoms. The van der Waals surface area contributed by atoms with E-state index >= 15 is 0 Å². The van der Waals surface area contributed by atoms with E-state index in [2.05, 4.69) is 5.32 Å². The number of rotatable bonds is 6. The fraction of sp³-hybridized carbons (Fsp3) is 0.429. The lowest BCUT2D eigenvalue weighted by Gasteiger charge is -2.13. The third-order valence-corrected chi connectivity index (χ3v) is 2.32. The summed E-state index contributed by atoms with van der Waals surface area (Å²) in [7, 11) is 0. The van der Waals surface area contributed by atoms with Gasteiger partial charge in [-0.3, -0.25) is 4.79 Å². The first-order valence-corrected chi connectivity index (χ1v) is 6.45. The molecule has 0 aliphatic carbocycles. The Hall–Kier alpha value is -2.08. The average molecular weight is 280 g/mol. The summed E-state index contributed by atoms with van der Waals surface area (Å²) < 4.78 is 10.5. The molecule has 0 fully saturated rings. The minimum absolute atomic E-state index is 0.122. The zero-order chi connectivity index (χ0) is 15.1. The standard InChI is InChI=1S/C14H20N2O4/c1-4-19-12-7-10(14(18)20-9(2)3)5-6-11(12)16-13(17)8-15/h5-7,9H,4,8,15H2,1-3H3,(H,16,17). The van der Waals surface area contributed by atoms with Gasteiger partial charge in [-0.05, 0) is 39.0 Å². The van der Waals surface area contributed by atoms with Gasteiger partial charge in [0.05, 0.1) is 30.5 Å². The van der Waals surface area contributed by atoms with Crippen molar-refractivity contribution in [3.05, 3.63) is 23.8 Å². The molecule has 0 spiro atoms. The fourth-order valence-corrected chi connectivity index (χ4v) is 1.51. The van der Waals surface area contributed by atoms with Crippen molar-refractivity contribution in [2.75, 3.05) is 18.5 Å². The number of esters is 1. The number of amides is 1. The van der Waals surface area contributed by atoms with Gasteiger partial charge in [0.25, 0.3) is 0 Å². The van der Waals surface area contributed by atoms with Crippen LogP contribution in [0.25, 0.3) is 0 Å². The lowest BCUT2D eigenvalue weighted by atomic mass is 10.2. The highest BCUT2D eigenvalue weighted by Crippen LogP contribution is 2.26. The maximum absolute atomic E-state index is 11.8. The molecule has 0 unspecified atom stereocenters. The van der Waals surface area contributed by atoms with Gasteiger partial charge in [0.2, 0.25) is 5.91 Å². The van der Waals surface area contributed by atoms with Crippen LogP contribution in [-0.2, 0) is 9.53 Å². The Labute approximate surface area is 118 Å². The number of nitrogens with one attached hydrogen (secondary N) is 1. The van der Waals surface area contributed by atoms with Crippen molar-refractivity contribution in [2.45, 2.75) is 26.9 Å². The molecule has 0 saturated carbocycles. The van der Waals surface area contributed by atoms with E-state index in [-0.39, 0.29) is 18.6 Å². The van der Waals surface area contributed by atoms with Gasteiger partial charge < -0.3 is 20.5 Å². The van der Waals surface area contributed by atoms with Crippen LogP contribution in [0.4, 0.5) is 5.69 Å². The van der Waals surface area contributed by atoms with Crippen LogP contribution in [0.1, 0.15) is 31.1 Å². The highest BCUT2D eigenvalue weighted by atomic mass is 16.5. The first-order valence-electron chi connectivity index (χ1n) is 6.45. The molecule has 0 atom stereocenters. The van der Waals surface area contributed by atoms with Crippen LogP contribution >= 0.6 is 0 Å². The zero-order valence-electron chi connectivity index (χ0n) is 11.9. The van der Waals surface area contributed by atoms with E-state index in [0.717, 1.165) is 0 Å². The van der Waals surface area contributed by atoms with Gasteiger partial charge in [-0.1, -0.05) is 0 Å². The SMILES string of the molecule is CCOc1cc(C(=O)OC(C)C)ccc1NC(=O)CN. The molecule has 0 saturated heterocycles. The van der Waals surface area contributed by atoms with Crippen molar-refractivity contribution in [1.29, 1.82) is 0 Å². The molecular weight excluding hydrogens is 260 g/mol. The molecule has 0 aliphatic heterocycles. The molecule has 6 nitrogen and oxygen atoms in total. The van der Waals surface area contributed by atoms with E-state index in [0.29, 0.717) is 23.6 Å². The molecule has 0 heterocycles. The zero-order valence-corrected chi connectivity index (χ0v) is 11.9. The second-order valence-corrected chi connectivity index (χ2v) is 4.35. The van der Waals surface area contributed by atoms with Crippen LogP contribution in [0.15, 0.2) is 18.2 Å². The second-order valence-electron chi connectivity index (χ2n) is 4.35. The Balaban J connectivity index is 2.99. The van der Waals surface area contributed by atoms with Crippen molar-refractivity contribution in [1.82, 2.24) is 0 Å². The number of anilines is 1. The summed E-state index contributed by atoms with van der Waals surface area (Å²) in [6, 6.07) is 4.70. The summed E-state index contributed by atoms with van der Waals surface area (Å²) >= 11 is 0. The topological polar surface area (TPSA) is 90.6 Å². The molecular formula is C14H20N2O4. The van der Waals surface area contributed by atoms with Gasteiger partial charge in [0.1, 0.15) is 5.75 Å². The maximum Gasteiger partial charge on any atom is 0.338 e. The molecule has 0 aromatic heterocycles. The van der Waals surface area contributed by atoms with E-state index in [1.807, 2.05) is 6.92 Å². The van der Waals surface area contributed by atoms with Gasteiger partial charge in [0.15, 0.2) is 0 Å². The Morgan fingerprint density at radius 2 is 2.05 bits per heavy atom. The van der Waals surface area contributed by atoms with E-state index in [4.69, 9.17) is 15.2 Å². The Morgan fingerprint density at radius 3 is 2.60 bits per heavy atom. The molecule has 110 valence electrons. The normalized spacial score (nSPS) is 10.2. The minimum Gasteiger partial charge on any atom is -0.492 e. The van der Waals surface area contributed by atoms with Crippen LogP contribution in [0.3, 0.4) is 0 Å². The Morgan fingerprint density at radius 1 is 1.35 bits per heavy atom. The van der Waals surface area contributed by atoms with Gasteiger partial charge in [-0.25, -0.2) is 4.79 Å². The lowest BCUT2D eigenvalue weighted by Crippen LogP contribution is -2.22. The summed E-state index contributed by atoms with van der Waals surface area (Å²) in [4.78, 5) is 23.1. The van der Waals surface area contributed by atoms with Crippen molar-refractivity contribution in [3.63, 3.8) is 0 Å². The van der Waals surface area contributed by atoms with Gasteiger partial charge in [0, 0.05) is 0 Å². The molecule has 0 bridgehead atoms. The van der Waals surface area contributed by atoms with Crippen molar-refractivity contribution < 1.29 is 19.1 Å². The number of nitrogens with two attached hydrogens (primary N) is 1. The first-order chi connectivity index (χ1) is 9.47. The highest BCUT2D eigenvalue weighted by molar-refractivity contribution is 5.95. The Kier molecular flexibility index (Phi) is 5.99. The predicted molar refractivity (Wildman–Crippen MR) is 75.8 cm³/mol. The number of hydrogen-bond acceptors (Lipinski definition) is 5. The summed E-state index contributed by atoms with van der Waals surface area (Å²) in [5, 5.41) is 2.61. The minimum atomic E-state index is -0.433. The third kappa shape index (κ3) is 4.55. The molecule has 0 aliphatic rings. The largest absolute Gasteiger partial charge is 0.492 e. The molecule has 1 aromatic carbocycles. The Bertz CT molecular complexity index is 486. The van der Waals surface area contributed by atoms with Crippen LogP contribution < -0.4 is 15.8 Å². The van der Waals surface area contributed by atoms with Crippen LogP contribution in [0.2, 0.25) is 0 Å². The maximum atomic E-state index is 11.8. The molecule has 1 rings (SSSR count). The van der Waals surface area contributed by atoms with E-state index in [1.54, 1.807) is 32.0 Å². The van der Waals surface area contributed by atoms with Crippen molar-refractivity contribution in [2.24, 2.45) is 5.73 Å². The lowest BCUT2D eigenvalue weighted by molar-refractivity contribution is -0.114. The highest BCUT2D eigenvalue weighted by Gasteiger charge is 2.14. The summed E-state index contributed by atoms with van der Waals surface area (Å²) in [6.45, 7) is 5.65. The van der Waals surface area contributed by atoms with Crippen molar-refractivity contribution in [3.8, 4) is 5.75 Å². The van der Waals surface area contributed by atoms with Gasteiger partial charge in [-0.15, -0.1) is 0 Å². The molecule has 1 aromatic rings. The van der Waals surface area contributed by atoms with Crippen LogP contribution in [0, 0.1) is 0 Å². The summed E-state index contributed by atoms with van der Waals surface area (Å²) in [5.41, 5.74) is 6.09. The van der Waals surface area contributed by atoms with E-state index in [9.17, 15) is 9.59 Å². The predicted octanol–water partition coefficient (Wildman–Crippen LogP) is 1.55. The molecule has 3 N–H and O–H groups in total.